The normalized spacial score (nSPS) is 15.8. The van der Waals surface area contributed by atoms with Crippen LogP contribution < -0.4 is 10.1 Å². The number of imidazole rings is 1. The van der Waals surface area contributed by atoms with Crippen molar-refractivity contribution >= 4 is 11.6 Å². The maximum atomic E-state index is 13.4. The highest BCUT2D eigenvalue weighted by molar-refractivity contribution is 6.05. The first-order valence-corrected chi connectivity index (χ1v) is 11.6. The molecule has 0 radical (unpaired) electrons. The van der Waals surface area contributed by atoms with Gasteiger partial charge in [0.05, 0.1) is 24.6 Å². The summed E-state index contributed by atoms with van der Waals surface area (Å²) in [5, 5.41) is 12.2. The maximum absolute atomic E-state index is 13.4. The maximum Gasteiger partial charge on any atom is 0.432 e. The number of alkyl halides is 3. The van der Waals surface area contributed by atoms with Gasteiger partial charge >= 0.3 is 12.1 Å². The fraction of sp³-hybridized carbons (Fsp3) is 0.308. The number of H-pyrrole nitrogens is 1. The fourth-order valence-electron chi connectivity index (χ4n) is 3.85. The molecule has 3 N–H and O–H groups in total. The summed E-state index contributed by atoms with van der Waals surface area (Å²) >= 11 is 0. The topological polar surface area (TPSA) is 90.5 Å². The Morgan fingerprint density at radius 1 is 1.27 bits per heavy atom. The molecular formula is C26H24F4N4O3. The van der Waals surface area contributed by atoms with Crippen LogP contribution in [0.25, 0.3) is 11.4 Å². The number of hydrogen-bond acceptors (Lipinski definition) is 5. The molecule has 194 valence electrons. The molecule has 1 aromatic heterocycles. The van der Waals surface area contributed by atoms with E-state index < -0.39 is 23.6 Å². The zero-order valence-electron chi connectivity index (χ0n) is 19.6. The summed E-state index contributed by atoms with van der Waals surface area (Å²) in [4.78, 5) is 20.7. The van der Waals surface area contributed by atoms with Crippen LogP contribution in [0.3, 0.4) is 0 Å². The molecule has 0 saturated carbocycles. The second-order valence-corrected chi connectivity index (χ2v) is 8.51. The number of ether oxygens (including phenoxy) is 1. The number of nitrogens with one attached hydrogen (secondary N) is 2. The van der Waals surface area contributed by atoms with Crippen LogP contribution >= 0.6 is 0 Å². The van der Waals surface area contributed by atoms with Crippen molar-refractivity contribution in [2.45, 2.75) is 25.1 Å². The van der Waals surface area contributed by atoms with Crippen LogP contribution in [0.4, 0.5) is 23.2 Å². The van der Waals surface area contributed by atoms with Crippen LogP contribution in [-0.4, -0.2) is 58.2 Å². The molecule has 1 fully saturated rings. The Bertz CT molecular complexity index is 1310. The third-order valence-electron chi connectivity index (χ3n) is 5.65. The van der Waals surface area contributed by atoms with E-state index in [2.05, 4.69) is 32.0 Å². The quantitative estimate of drug-likeness (QED) is 0.250. The van der Waals surface area contributed by atoms with Gasteiger partial charge in [0.15, 0.2) is 0 Å². The Balaban J connectivity index is 1.50. The van der Waals surface area contributed by atoms with Gasteiger partial charge in [-0.25, -0.2) is 9.37 Å². The zero-order chi connectivity index (χ0) is 26.4. The molecule has 11 heteroatoms. The van der Waals surface area contributed by atoms with Gasteiger partial charge in [-0.05, 0) is 49.2 Å². The van der Waals surface area contributed by atoms with Gasteiger partial charge in [0.2, 0.25) is 0 Å². The van der Waals surface area contributed by atoms with E-state index in [1.54, 1.807) is 6.07 Å². The molecule has 0 spiro atoms. The molecule has 2 heterocycles. The molecule has 0 bridgehead atoms. The van der Waals surface area contributed by atoms with Crippen molar-refractivity contribution in [2.24, 2.45) is 0 Å². The molecule has 1 amide bonds. The molecule has 1 saturated heterocycles. The molecule has 0 aliphatic carbocycles. The highest BCUT2D eigenvalue weighted by Gasteiger charge is 2.33. The number of nitrogens with zero attached hydrogens (tertiary/aromatic N) is 2. The number of β-amino-alcohol motifs (C(OH)–C–C–N with tert-alkyl or cyclic N) is 1. The highest BCUT2D eigenvalue weighted by Crippen LogP contribution is 2.33. The average Bonchev–Trinajstić information content (AvgIpc) is 3.51. The van der Waals surface area contributed by atoms with E-state index in [0.717, 1.165) is 19.5 Å². The number of hydrogen-bond donors (Lipinski definition) is 3. The number of aromatic nitrogens is 2. The number of carbonyl (C=O) groups is 1. The molecule has 1 atom stereocenters. The van der Waals surface area contributed by atoms with E-state index in [-0.39, 0.29) is 17.6 Å². The highest BCUT2D eigenvalue weighted by atomic mass is 19.4. The lowest BCUT2D eigenvalue weighted by Gasteiger charge is -2.16. The smallest absolute Gasteiger partial charge is 0.432 e. The Morgan fingerprint density at radius 2 is 2.11 bits per heavy atom. The number of carbonyl (C=O) groups excluding carboxylic acids is 1. The molecule has 7 nitrogen and oxygen atoms in total. The summed E-state index contributed by atoms with van der Waals surface area (Å²) < 4.78 is 58.2. The number of benzene rings is 2. The molecule has 37 heavy (non-hydrogen) atoms. The average molecular weight is 516 g/mol. The van der Waals surface area contributed by atoms with Crippen molar-refractivity contribution in [3.8, 4) is 29.0 Å². The van der Waals surface area contributed by atoms with Crippen molar-refractivity contribution in [3.63, 3.8) is 0 Å². The summed E-state index contributed by atoms with van der Waals surface area (Å²) in [7, 11) is 0. The first-order chi connectivity index (χ1) is 17.7. The Kier molecular flexibility index (Phi) is 8.11. The van der Waals surface area contributed by atoms with E-state index in [9.17, 15) is 27.5 Å². The van der Waals surface area contributed by atoms with Crippen molar-refractivity contribution in [1.82, 2.24) is 14.9 Å². The lowest BCUT2D eigenvalue weighted by atomic mass is 10.1. The van der Waals surface area contributed by atoms with Crippen LogP contribution in [0.2, 0.25) is 0 Å². The number of likely N-dealkylation sites (tertiary alicyclic amines) is 1. The first kappa shape index (κ1) is 26.2. The minimum absolute atomic E-state index is 0.0344. The van der Waals surface area contributed by atoms with Gasteiger partial charge in [-0.1, -0.05) is 12.0 Å². The predicted octanol–water partition coefficient (Wildman–Crippen LogP) is 4.06. The minimum Gasteiger partial charge on any atom is -0.491 e. The van der Waals surface area contributed by atoms with E-state index in [0.29, 0.717) is 42.6 Å². The number of aliphatic hydroxyl groups is 1. The van der Waals surface area contributed by atoms with E-state index in [4.69, 9.17) is 4.74 Å². The number of rotatable bonds is 7. The molecule has 4 rings (SSSR count). The third-order valence-corrected chi connectivity index (χ3v) is 5.65. The van der Waals surface area contributed by atoms with Gasteiger partial charge in [-0.3, -0.25) is 4.79 Å². The van der Waals surface area contributed by atoms with E-state index >= 15 is 0 Å². The lowest BCUT2D eigenvalue weighted by Crippen LogP contribution is -2.24. The van der Waals surface area contributed by atoms with Crippen LogP contribution in [0.5, 0.6) is 5.75 Å². The van der Waals surface area contributed by atoms with Crippen LogP contribution in [0.1, 0.15) is 24.1 Å². The molecule has 2 aromatic carbocycles. The Labute approximate surface area is 210 Å². The Morgan fingerprint density at radius 3 is 2.81 bits per heavy atom. The second kappa shape index (κ2) is 11.5. The molecule has 1 aliphatic rings. The number of anilines is 1. The first-order valence-electron chi connectivity index (χ1n) is 11.6. The lowest BCUT2D eigenvalue weighted by molar-refractivity contribution is -0.140. The number of aliphatic hydroxyl groups excluding tert-OH is 1. The largest absolute Gasteiger partial charge is 0.491 e. The summed E-state index contributed by atoms with van der Waals surface area (Å²) in [6.45, 7) is 2.46. The molecule has 3 aromatic rings. The van der Waals surface area contributed by atoms with Gasteiger partial charge in [-0.15, -0.1) is 0 Å². The van der Waals surface area contributed by atoms with E-state index in [1.165, 1.54) is 36.4 Å². The predicted molar refractivity (Wildman–Crippen MR) is 128 cm³/mol. The summed E-state index contributed by atoms with van der Waals surface area (Å²) in [5.74, 6) is 3.99. The van der Waals surface area contributed by atoms with Crippen molar-refractivity contribution in [2.75, 3.05) is 31.6 Å². The van der Waals surface area contributed by atoms with Crippen LogP contribution in [0, 0.1) is 17.7 Å². The summed E-state index contributed by atoms with van der Waals surface area (Å²) in [6, 6.07) is 9.95. The molecule has 1 aliphatic heterocycles. The minimum atomic E-state index is -4.58. The fourth-order valence-corrected chi connectivity index (χ4v) is 3.85. The van der Waals surface area contributed by atoms with Gasteiger partial charge in [-0.2, -0.15) is 13.2 Å². The van der Waals surface area contributed by atoms with Gasteiger partial charge in [0.25, 0.3) is 0 Å². The monoisotopic (exact) mass is 516 g/mol. The van der Waals surface area contributed by atoms with E-state index in [1.807, 2.05) is 0 Å². The summed E-state index contributed by atoms with van der Waals surface area (Å²) in [5.41, 5.74) is -0.205. The van der Waals surface area contributed by atoms with Crippen LogP contribution in [-0.2, 0) is 11.0 Å². The second-order valence-electron chi connectivity index (χ2n) is 8.51. The van der Waals surface area contributed by atoms with Crippen molar-refractivity contribution in [3.05, 3.63) is 65.7 Å². The number of aromatic amines is 1. The SMILES string of the molecule is O=C(C#Cc1cccc(F)c1)Nc1cc(-c2ncc(C(F)(F)F)[nH]2)ccc1OCCCN1CCC(O)C1. The van der Waals surface area contributed by atoms with Gasteiger partial charge in [0.1, 0.15) is 23.1 Å². The van der Waals surface area contributed by atoms with Crippen molar-refractivity contribution < 1.29 is 32.2 Å². The molecule has 1 unspecified atom stereocenters. The van der Waals surface area contributed by atoms with Gasteiger partial charge in [0, 0.05) is 36.7 Å². The standard InChI is InChI=1S/C26H24F4N4O3/c27-19-4-1-3-17(13-19)5-8-24(36)32-21-14-18(25-31-15-23(33-25)26(28,29)30)6-7-22(21)37-12-2-10-34-11-9-20(35)16-34/h1,3-4,6-7,13-15,20,35H,2,9-12,16H2,(H,31,33)(H,32,36). The zero-order valence-corrected chi connectivity index (χ0v) is 19.6. The number of halogens is 4. The Hall–Kier alpha value is -3.88. The van der Waals surface area contributed by atoms with Crippen LogP contribution in [0.15, 0.2) is 48.7 Å². The molecular weight excluding hydrogens is 492 g/mol. The van der Waals surface area contributed by atoms with Crippen molar-refractivity contribution in [1.29, 1.82) is 0 Å². The third kappa shape index (κ3) is 7.31. The van der Waals surface area contributed by atoms with Gasteiger partial charge < -0.3 is 25.0 Å². The summed E-state index contributed by atoms with van der Waals surface area (Å²) in [6.07, 6.45) is -2.81. The number of amides is 1.